The number of hydrogen-bond acceptors (Lipinski definition) is 2. The summed E-state index contributed by atoms with van der Waals surface area (Å²) in [6.45, 7) is 10.5. The summed E-state index contributed by atoms with van der Waals surface area (Å²) in [5, 5.41) is 3.56. The van der Waals surface area contributed by atoms with Crippen LogP contribution in [0.5, 0.6) is 0 Å². The highest BCUT2D eigenvalue weighted by Gasteiger charge is 2.18. The molecule has 1 N–H and O–H groups in total. The Morgan fingerprint density at radius 2 is 1.83 bits per heavy atom. The molecule has 0 spiro atoms. The Bertz CT molecular complexity index is 794. The Morgan fingerprint density at radius 3 is 2.38 bits per heavy atom. The highest BCUT2D eigenvalue weighted by atomic mass is 32.1. The van der Waals surface area contributed by atoms with E-state index in [-0.39, 0.29) is 5.56 Å². The van der Waals surface area contributed by atoms with Crippen molar-refractivity contribution in [2.45, 2.75) is 6.92 Å². The Hall–Kier alpha value is -2.60. The Kier molecular flexibility index (Phi) is 5.76. The van der Waals surface area contributed by atoms with Gasteiger partial charge in [0.05, 0.1) is 11.4 Å². The summed E-state index contributed by atoms with van der Waals surface area (Å²) in [6.07, 6.45) is 3.52. The van der Waals surface area contributed by atoms with Crippen LogP contribution in [0.1, 0.15) is 5.69 Å². The SMILES string of the molecule is C=CCN(CC=C)C(=S)Nc1c(C)n(C)n(-c2ccccc2)c1=O. The van der Waals surface area contributed by atoms with E-state index in [9.17, 15) is 4.79 Å². The summed E-state index contributed by atoms with van der Waals surface area (Å²) in [4.78, 5) is 14.7. The number of hydrogen-bond donors (Lipinski definition) is 1. The Balaban J connectivity index is 2.39. The third-order valence-corrected chi connectivity index (χ3v) is 4.13. The van der Waals surface area contributed by atoms with Crippen molar-refractivity contribution in [1.82, 2.24) is 14.3 Å². The molecular formula is C18H22N4OS. The van der Waals surface area contributed by atoms with Crippen LogP contribution in [0.2, 0.25) is 0 Å². The van der Waals surface area contributed by atoms with E-state index in [0.717, 1.165) is 11.4 Å². The maximum absolute atomic E-state index is 12.8. The first-order valence-electron chi connectivity index (χ1n) is 7.63. The topological polar surface area (TPSA) is 42.2 Å². The van der Waals surface area contributed by atoms with E-state index in [1.807, 2.05) is 53.9 Å². The van der Waals surface area contributed by atoms with Gasteiger partial charge in [-0.25, -0.2) is 4.68 Å². The van der Waals surface area contributed by atoms with E-state index in [0.29, 0.717) is 23.9 Å². The molecule has 1 aromatic heterocycles. The second kappa shape index (κ2) is 7.79. The van der Waals surface area contributed by atoms with Crippen LogP contribution in [0.25, 0.3) is 5.69 Å². The van der Waals surface area contributed by atoms with Gasteiger partial charge in [0.25, 0.3) is 5.56 Å². The lowest BCUT2D eigenvalue weighted by molar-refractivity contribution is 0.522. The van der Waals surface area contributed by atoms with Gasteiger partial charge in [-0.2, -0.15) is 0 Å². The minimum atomic E-state index is -0.138. The molecule has 6 heteroatoms. The molecule has 0 atom stereocenters. The molecular weight excluding hydrogens is 320 g/mol. The summed E-state index contributed by atoms with van der Waals surface area (Å²) in [5.74, 6) is 0. The molecule has 0 radical (unpaired) electrons. The van der Waals surface area contributed by atoms with Crippen LogP contribution in [0.15, 0.2) is 60.4 Å². The van der Waals surface area contributed by atoms with Crippen molar-refractivity contribution in [3.8, 4) is 5.69 Å². The number of anilines is 1. The zero-order chi connectivity index (χ0) is 17.7. The number of rotatable bonds is 6. The number of thiocarbonyl (C=S) groups is 1. The quantitative estimate of drug-likeness (QED) is 0.647. The van der Waals surface area contributed by atoms with E-state index in [1.54, 1.807) is 16.8 Å². The number of aromatic nitrogens is 2. The molecule has 5 nitrogen and oxygen atoms in total. The van der Waals surface area contributed by atoms with Crippen molar-refractivity contribution in [3.63, 3.8) is 0 Å². The Morgan fingerprint density at radius 1 is 1.25 bits per heavy atom. The number of nitrogens with zero attached hydrogens (tertiary/aromatic N) is 3. The zero-order valence-corrected chi connectivity index (χ0v) is 14.8. The van der Waals surface area contributed by atoms with E-state index < -0.39 is 0 Å². The molecule has 1 aromatic carbocycles. The number of nitrogens with one attached hydrogen (secondary N) is 1. The molecule has 0 amide bonds. The normalized spacial score (nSPS) is 10.2. The third-order valence-electron chi connectivity index (χ3n) is 3.77. The monoisotopic (exact) mass is 342 g/mol. The average Bonchev–Trinajstić information content (AvgIpc) is 2.79. The third kappa shape index (κ3) is 3.49. The van der Waals surface area contributed by atoms with Crippen molar-refractivity contribution >= 4 is 23.0 Å². The van der Waals surface area contributed by atoms with Gasteiger partial charge < -0.3 is 10.2 Å². The van der Waals surface area contributed by atoms with Gasteiger partial charge in [0, 0.05) is 20.1 Å². The van der Waals surface area contributed by atoms with Crippen LogP contribution in [0.4, 0.5) is 5.69 Å². The van der Waals surface area contributed by atoms with Crippen molar-refractivity contribution in [1.29, 1.82) is 0 Å². The molecule has 0 saturated heterocycles. The van der Waals surface area contributed by atoms with Gasteiger partial charge in [-0.15, -0.1) is 13.2 Å². The van der Waals surface area contributed by atoms with Crippen LogP contribution < -0.4 is 10.9 Å². The largest absolute Gasteiger partial charge is 0.342 e. The summed E-state index contributed by atoms with van der Waals surface area (Å²) in [5.41, 5.74) is 1.95. The number of para-hydroxylation sites is 1. The van der Waals surface area contributed by atoms with Gasteiger partial charge >= 0.3 is 0 Å². The van der Waals surface area contributed by atoms with E-state index in [4.69, 9.17) is 12.2 Å². The fourth-order valence-electron chi connectivity index (χ4n) is 2.45. The van der Waals surface area contributed by atoms with E-state index in [2.05, 4.69) is 18.5 Å². The molecule has 0 aliphatic rings. The van der Waals surface area contributed by atoms with Gasteiger partial charge in [-0.05, 0) is 31.3 Å². The lowest BCUT2D eigenvalue weighted by Crippen LogP contribution is -2.36. The van der Waals surface area contributed by atoms with Crippen LogP contribution in [0, 0.1) is 6.92 Å². The lowest BCUT2D eigenvalue weighted by Gasteiger charge is -2.22. The van der Waals surface area contributed by atoms with E-state index in [1.165, 1.54) is 0 Å². The second-order valence-electron chi connectivity index (χ2n) is 5.35. The first kappa shape index (κ1) is 17.7. The highest BCUT2D eigenvalue weighted by Crippen LogP contribution is 2.14. The minimum Gasteiger partial charge on any atom is -0.342 e. The van der Waals surface area contributed by atoms with Crippen LogP contribution in [-0.4, -0.2) is 32.5 Å². The first-order chi connectivity index (χ1) is 11.5. The highest BCUT2D eigenvalue weighted by molar-refractivity contribution is 7.80. The molecule has 2 rings (SSSR count). The van der Waals surface area contributed by atoms with Crippen molar-refractivity contribution in [2.75, 3.05) is 18.4 Å². The standard InChI is InChI=1S/C18H22N4OS/c1-5-12-21(13-6-2)18(24)19-16-14(3)20(4)22(17(16)23)15-10-8-7-9-11-15/h5-11H,1-2,12-13H2,3-4H3,(H,19,24). The summed E-state index contributed by atoms with van der Waals surface area (Å²) in [6, 6.07) is 9.51. The summed E-state index contributed by atoms with van der Waals surface area (Å²) in [7, 11) is 1.85. The molecule has 0 aliphatic heterocycles. The fraction of sp³-hybridized carbons (Fsp3) is 0.222. The first-order valence-corrected chi connectivity index (χ1v) is 8.03. The molecule has 2 aromatic rings. The summed E-state index contributed by atoms with van der Waals surface area (Å²) < 4.78 is 3.43. The molecule has 0 fully saturated rings. The molecule has 0 aliphatic carbocycles. The van der Waals surface area contributed by atoms with Crippen molar-refractivity contribution in [2.24, 2.45) is 7.05 Å². The average molecular weight is 342 g/mol. The predicted molar refractivity (Wildman–Crippen MR) is 104 cm³/mol. The van der Waals surface area contributed by atoms with Crippen LogP contribution in [0.3, 0.4) is 0 Å². The lowest BCUT2D eigenvalue weighted by atomic mass is 10.3. The maximum atomic E-state index is 12.8. The fourth-order valence-corrected chi connectivity index (χ4v) is 2.70. The van der Waals surface area contributed by atoms with Crippen LogP contribution >= 0.6 is 12.2 Å². The molecule has 0 saturated carbocycles. The molecule has 1 heterocycles. The number of benzene rings is 1. The molecule has 0 bridgehead atoms. The van der Waals surface area contributed by atoms with Crippen molar-refractivity contribution < 1.29 is 0 Å². The minimum absolute atomic E-state index is 0.138. The zero-order valence-electron chi connectivity index (χ0n) is 14.0. The van der Waals surface area contributed by atoms with E-state index >= 15 is 0 Å². The molecule has 24 heavy (non-hydrogen) atoms. The second-order valence-corrected chi connectivity index (χ2v) is 5.74. The van der Waals surface area contributed by atoms with Crippen molar-refractivity contribution in [3.05, 3.63) is 71.7 Å². The van der Waals surface area contributed by atoms with Gasteiger partial charge in [0.1, 0.15) is 5.69 Å². The predicted octanol–water partition coefficient (Wildman–Crippen LogP) is 2.86. The summed E-state index contributed by atoms with van der Waals surface area (Å²) >= 11 is 5.44. The molecule has 126 valence electrons. The van der Waals surface area contributed by atoms with Gasteiger partial charge in [0.2, 0.25) is 0 Å². The maximum Gasteiger partial charge on any atom is 0.295 e. The van der Waals surface area contributed by atoms with Gasteiger partial charge in [-0.3, -0.25) is 9.48 Å². The van der Waals surface area contributed by atoms with Crippen LogP contribution in [-0.2, 0) is 7.05 Å². The molecule has 0 unspecified atom stereocenters. The van der Waals surface area contributed by atoms with Gasteiger partial charge in [-0.1, -0.05) is 30.4 Å². The Labute approximate surface area is 147 Å². The van der Waals surface area contributed by atoms with Gasteiger partial charge in [0.15, 0.2) is 5.11 Å². The smallest absolute Gasteiger partial charge is 0.295 e.